The van der Waals surface area contributed by atoms with Crippen LogP contribution in [0.25, 0.3) is 0 Å². The lowest BCUT2D eigenvalue weighted by Crippen LogP contribution is -1.93. The van der Waals surface area contributed by atoms with E-state index in [9.17, 15) is 0 Å². The lowest BCUT2D eigenvalue weighted by Gasteiger charge is -2.06. The summed E-state index contributed by atoms with van der Waals surface area (Å²) in [6.07, 6.45) is 1.77. The lowest BCUT2D eigenvalue weighted by atomic mass is 10.3. The molecule has 0 aliphatic rings. The first-order valence-corrected chi connectivity index (χ1v) is 5.84. The third-order valence-electron chi connectivity index (χ3n) is 1.75. The molecule has 0 N–H and O–H groups in total. The number of nitrogens with zero attached hydrogens (tertiary/aromatic N) is 1. The standard InChI is InChI=1S/C10H7Cl2NOS/c11-7-1-2-9(12)10(3-7)14-5-8-4-13-6-15-8/h1-4,6H,5H2. The van der Waals surface area contributed by atoms with Crippen LogP contribution in [-0.4, -0.2) is 4.98 Å². The van der Waals surface area contributed by atoms with E-state index in [0.717, 1.165) is 4.88 Å². The third kappa shape index (κ3) is 2.84. The van der Waals surface area contributed by atoms with Gasteiger partial charge in [-0.15, -0.1) is 11.3 Å². The molecule has 0 radical (unpaired) electrons. The van der Waals surface area contributed by atoms with E-state index in [1.807, 2.05) is 0 Å². The monoisotopic (exact) mass is 259 g/mol. The number of benzene rings is 1. The van der Waals surface area contributed by atoms with E-state index in [4.69, 9.17) is 27.9 Å². The predicted molar refractivity (Wildman–Crippen MR) is 62.9 cm³/mol. The third-order valence-corrected chi connectivity index (χ3v) is 3.05. The van der Waals surface area contributed by atoms with Crippen LogP contribution in [0.3, 0.4) is 0 Å². The van der Waals surface area contributed by atoms with Crippen molar-refractivity contribution in [2.45, 2.75) is 6.61 Å². The fourth-order valence-corrected chi connectivity index (χ4v) is 1.89. The number of aromatic nitrogens is 1. The van der Waals surface area contributed by atoms with Crippen LogP contribution in [0, 0.1) is 0 Å². The fourth-order valence-electron chi connectivity index (χ4n) is 1.05. The highest BCUT2D eigenvalue weighted by molar-refractivity contribution is 7.09. The second-order valence-corrected chi connectivity index (χ2v) is 4.65. The largest absolute Gasteiger partial charge is 0.486 e. The van der Waals surface area contributed by atoms with Gasteiger partial charge in [0, 0.05) is 17.3 Å². The van der Waals surface area contributed by atoms with E-state index in [1.54, 1.807) is 41.2 Å². The molecular formula is C10H7Cl2NOS. The summed E-state index contributed by atoms with van der Waals surface area (Å²) in [5.74, 6) is 0.595. The van der Waals surface area contributed by atoms with E-state index < -0.39 is 0 Å². The Labute approximate surface area is 101 Å². The number of hydrogen-bond acceptors (Lipinski definition) is 3. The maximum Gasteiger partial charge on any atom is 0.139 e. The van der Waals surface area contributed by atoms with Crippen molar-refractivity contribution in [1.29, 1.82) is 0 Å². The van der Waals surface area contributed by atoms with Crippen LogP contribution in [-0.2, 0) is 6.61 Å². The van der Waals surface area contributed by atoms with Gasteiger partial charge in [-0.25, -0.2) is 0 Å². The van der Waals surface area contributed by atoms with E-state index in [1.165, 1.54) is 0 Å². The molecule has 78 valence electrons. The van der Waals surface area contributed by atoms with Crippen molar-refractivity contribution >= 4 is 34.5 Å². The Morgan fingerprint density at radius 3 is 2.93 bits per heavy atom. The maximum absolute atomic E-state index is 5.94. The van der Waals surface area contributed by atoms with Crippen LogP contribution in [0.2, 0.25) is 10.0 Å². The zero-order valence-corrected chi connectivity index (χ0v) is 9.94. The summed E-state index contributed by atoms with van der Waals surface area (Å²) in [6, 6.07) is 5.14. The summed E-state index contributed by atoms with van der Waals surface area (Å²) < 4.78 is 5.52. The molecule has 0 unspecified atom stereocenters. The molecule has 2 aromatic rings. The van der Waals surface area contributed by atoms with Gasteiger partial charge in [0.25, 0.3) is 0 Å². The van der Waals surface area contributed by atoms with E-state index in [0.29, 0.717) is 22.4 Å². The summed E-state index contributed by atoms with van der Waals surface area (Å²) in [5.41, 5.74) is 1.76. The molecule has 0 spiro atoms. The van der Waals surface area contributed by atoms with Crippen LogP contribution in [0.1, 0.15) is 4.88 Å². The molecule has 5 heteroatoms. The Balaban J connectivity index is 2.07. The molecule has 1 aromatic heterocycles. The Morgan fingerprint density at radius 1 is 1.33 bits per heavy atom. The van der Waals surface area contributed by atoms with Gasteiger partial charge < -0.3 is 4.74 Å². The van der Waals surface area contributed by atoms with Gasteiger partial charge in [-0.05, 0) is 12.1 Å². The first-order chi connectivity index (χ1) is 7.25. The summed E-state index contributed by atoms with van der Waals surface area (Å²) in [4.78, 5) is 5.00. The smallest absolute Gasteiger partial charge is 0.139 e. The molecule has 1 heterocycles. The molecule has 0 fully saturated rings. The molecule has 2 nitrogen and oxygen atoms in total. The van der Waals surface area contributed by atoms with E-state index >= 15 is 0 Å². The van der Waals surface area contributed by atoms with Gasteiger partial charge in [0.1, 0.15) is 12.4 Å². The fraction of sp³-hybridized carbons (Fsp3) is 0.100. The molecule has 0 aliphatic carbocycles. The summed E-state index contributed by atoms with van der Waals surface area (Å²) >= 11 is 13.3. The van der Waals surface area contributed by atoms with Crippen LogP contribution < -0.4 is 4.74 Å². The van der Waals surface area contributed by atoms with Crippen LogP contribution in [0.4, 0.5) is 0 Å². The Hall–Kier alpha value is -0.770. The highest BCUT2D eigenvalue weighted by atomic mass is 35.5. The van der Waals surface area contributed by atoms with Gasteiger partial charge in [0.05, 0.1) is 15.4 Å². The first kappa shape index (κ1) is 10.7. The summed E-state index contributed by atoms with van der Waals surface area (Å²) in [7, 11) is 0. The van der Waals surface area contributed by atoms with E-state index in [-0.39, 0.29) is 0 Å². The SMILES string of the molecule is Clc1ccc(Cl)c(OCc2cncs2)c1. The number of ether oxygens (including phenoxy) is 1. The van der Waals surface area contributed by atoms with Crippen molar-refractivity contribution < 1.29 is 4.74 Å². The normalized spacial score (nSPS) is 10.3. The van der Waals surface area contributed by atoms with Crippen molar-refractivity contribution in [3.05, 3.63) is 44.8 Å². The zero-order valence-electron chi connectivity index (χ0n) is 7.61. The highest BCUT2D eigenvalue weighted by Gasteiger charge is 2.03. The average molecular weight is 260 g/mol. The number of halogens is 2. The number of thiazole rings is 1. The van der Waals surface area contributed by atoms with Crippen molar-refractivity contribution in [3.63, 3.8) is 0 Å². The summed E-state index contributed by atoms with van der Waals surface area (Å²) in [5, 5.41) is 1.17. The van der Waals surface area contributed by atoms with Gasteiger partial charge in [-0.1, -0.05) is 23.2 Å². The van der Waals surface area contributed by atoms with Crippen molar-refractivity contribution in [3.8, 4) is 5.75 Å². The number of rotatable bonds is 3. The molecule has 0 amide bonds. The minimum atomic E-state index is 0.463. The lowest BCUT2D eigenvalue weighted by molar-refractivity contribution is 0.310. The van der Waals surface area contributed by atoms with Gasteiger partial charge >= 0.3 is 0 Å². The van der Waals surface area contributed by atoms with E-state index in [2.05, 4.69) is 4.98 Å². The van der Waals surface area contributed by atoms with Crippen molar-refractivity contribution in [2.24, 2.45) is 0 Å². The van der Waals surface area contributed by atoms with Gasteiger partial charge in [0.15, 0.2) is 0 Å². The molecule has 2 rings (SSSR count). The molecule has 1 aromatic carbocycles. The molecule has 0 saturated carbocycles. The Bertz CT molecular complexity index is 445. The minimum absolute atomic E-state index is 0.463. The number of hydrogen-bond donors (Lipinski definition) is 0. The first-order valence-electron chi connectivity index (χ1n) is 4.21. The minimum Gasteiger partial charge on any atom is -0.486 e. The Kier molecular flexibility index (Phi) is 3.46. The molecule has 0 atom stereocenters. The molecule has 15 heavy (non-hydrogen) atoms. The zero-order chi connectivity index (χ0) is 10.7. The predicted octanol–water partition coefficient (Wildman–Crippen LogP) is 4.03. The van der Waals surface area contributed by atoms with Crippen LogP contribution >= 0.6 is 34.5 Å². The topological polar surface area (TPSA) is 22.1 Å². The molecule has 0 aliphatic heterocycles. The van der Waals surface area contributed by atoms with Crippen molar-refractivity contribution in [2.75, 3.05) is 0 Å². The van der Waals surface area contributed by atoms with Gasteiger partial charge in [-0.2, -0.15) is 0 Å². The second kappa shape index (κ2) is 4.84. The molecule has 0 saturated heterocycles. The van der Waals surface area contributed by atoms with Gasteiger partial charge in [0.2, 0.25) is 0 Å². The Morgan fingerprint density at radius 2 is 2.20 bits per heavy atom. The second-order valence-electron chi connectivity index (χ2n) is 2.83. The van der Waals surface area contributed by atoms with Crippen molar-refractivity contribution in [1.82, 2.24) is 4.98 Å². The quantitative estimate of drug-likeness (QED) is 0.831. The van der Waals surface area contributed by atoms with Crippen LogP contribution in [0.5, 0.6) is 5.75 Å². The average Bonchev–Trinajstić information content (AvgIpc) is 2.72. The molecular weight excluding hydrogens is 253 g/mol. The highest BCUT2D eigenvalue weighted by Crippen LogP contribution is 2.28. The van der Waals surface area contributed by atoms with Gasteiger partial charge in [-0.3, -0.25) is 4.98 Å². The van der Waals surface area contributed by atoms with Crippen LogP contribution in [0.15, 0.2) is 29.9 Å². The molecule has 0 bridgehead atoms. The summed E-state index contributed by atoms with van der Waals surface area (Å²) in [6.45, 7) is 0.463. The maximum atomic E-state index is 5.94.